The minimum absolute atomic E-state index is 0.320. The first-order valence-corrected chi connectivity index (χ1v) is 6.58. The quantitative estimate of drug-likeness (QED) is 0.489. The second kappa shape index (κ2) is 9.60. The summed E-state index contributed by atoms with van der Waals surface area (Å²) >= 11 is 4.95. The van der Waals surface area contributed by atoms with Gasteiger partial charge in [-0.1, -0.05) is 12.2 Å². The third-order valence-corrected chi connectivity index (χ3v) is 2.65. The van der Waals surface area contributed by atoms with E-state index < -0.39 is 0 Å². The maximum absolute atomic E-state index is 5.60. The zero-order valence-electron chi connectivity index (χ0n) is 11.1. The first-order chi connectivity index (χ1) is 9.25. The lowest BCUT2D eigenvalue weighted by Crippen LogP contribution is -2.15. The highest BCUT2D eigenvalue weighted by molar-refractivity contribution is 7.80. The van der Waals surface area contributed by atoms with Crippen LogP contribution in [0, 0.1) is 0 Å². The number of methoxy groups -OCH3 is 1. The van der Waals surface area contributed by atoms with E-state index in [4.69, 9.17) is 27.4 Å². The lowest BCUT2D eigenvalue weighted by molar-refractivity contribution is 0.0691. The third kappa shape index (κ3) is 6.42. The van der Waals surface area contributed by atoms with Crippen molar-refractivity contribution in [2.45, 2.75) is 12.8 Å². The monoisotopic (exact) mass is 284 g/mol. The Kier molecular flexibility index (Phi) is 7.95. The molecule has 0 spiro atoms. The Balaban J connectivity index is 2.17. The van der Waals surface area contributed by atoms with Gasteiger partial charge in [-0.05, 0) is 18.9 Å². The van der Waals surface area contributed by atoms with E-state index in [2.05, 4.69) is 15.5 Å². The number of nitrogens with one attached hydrogen (secondary N) is 1. The highest BCUT2D eigenvalue weighted by Gasteiger charge is 2.05. The second-order valence-electron chi connectivity index (χ2n) is 3.90. The molecule has 19 heavy (non-hydrogen) atoms. The first-order valence-electron chi connectivity index (χ1n) is 6.17. The van der Waals surface area contributed by atoms with E-state index in [-0.39, 0.29) is 0 Å². The molecule has 0 atom stereocenters. The maximum atomic E-state index is 5.60. The fourth-order valence-corrected chi connectivity index (χ4v) is 1.61. The number of unbranched alkanes of at least 4 members (excludes halogenated alkanes) is 1. The number of nitrogens with zero attached hydrogens (tertiary/aromatic N) is 2. The maximum Gasteiger partial charge on any atom is 0.158 e. The summed E-state index contributed by atoms with van der Waals surface area (Å²) in [6.07, 6.45) is 3.52. The Morgan fingerprint density at radius 3 is 2.95 bits per heavy atom. The number of aromatic nitrogens is 2. The summed E-state index contributed by atoms with van der Waals surface area (Å²) in [7, 11) is 1.66. The number of anilines is 1. The van der Waals surface area contributed by atoms with Gasteiger partial charge in [0.15, 0.2) is 5.82 Å². The van der Waals surface area contributed by atoms with E-state index in [1.807, 2.05) is 0 Å². The summed E-state index contributed by atoms with van der Waals surface area (Å²) in [5, 5.41) is 11.0. The second-order valence-corrected chi connectivity index (χ2v) is 4.34. The van der Waals surface area contributed by atoms with E-state index in [0.29, 0.717) is 24.0 Å². The lowest BCUT2D eigenvalue weighted by Gasteiger charge is -2.08. The van der Waals surface area contributed by atoms with Crippen LogP contribution in [0.25, 0.3) is 0 Å². The molecule has 1 aromatic heterocycles. The van der Waals surface area contributed by atoms with E-state index >= 15 is 0 Å². The third-order valence-electron chi connectivity index (χ3n) is 2.43. The number of nitrogens with two attached hydrogens (primary N) is 1. The predicted octanol–water partition coefficient (Wildman–Crippen LogP) is 0.966. The molecular formula is C12H20N4O2S. The molecule has 1 aromatic rings. The summed E-state index contributed by atoms with van der Waals surface area (Å²) in [5.41, 5.74) is 6.33. The van der Waals surface area contributed by atoms with Gasteiger partial charge < -0.3 is 20.5 Å². The highest BCUT2D eigenvalue weighted by atomic mass is 32.1. The molecule has 6 nitrogen and oxygen atoms in total. The Morgan fingerprint density at radius 1 is 1.37 bits per heavy atom. The highest BCUT2D eigenvalue weighted by Crippen LogP contribution is 2.09. The van der Waals surface area contributed by atoms with Crippen molar-refractivity contribution in [3.63, 3.8) is 0 Å². The molecule has 0 amide bonds. The fourth-order valence-electron chi connectivity index (χ4n) is 1.44. The Labute approximate surface area is 118 Å². The summed E-state index contributed by atoms with van der Waals surface area (Å²) in [6, 6.07) is 1.76. The van der Waals surface area contributed by atoms with Crippen LogP contribution in [0.2, 0.25) is 0 Å². The van der Waals surface area contributed by atoms with Crippen LogP contribution in [0.5, 0.6) is 0 Å². The van der Waals surface area contributed by atoms with Gasteiger partial charge in [0, 0.05) is 20.3 Å². The average Bonchev–Trinajstić information content (AvgIpc) is 2.42. The number of ether oxygens (including phenoxy) is 2. The van der Waals surface area contributed by atoms with Gasteiger partial charge in [0.2, 0.25) is 0 Å². The number of thiocarbonyl (C=S) groups is 1. The molecule has 1 heterocycles. The summed E-state index contributed by atoms with van der Waals surface area (Å²) < 4.78 is 10.3. The largest absolute Gasteiger partial charge is 0.389 e. The zero-order valence-corrected chi connectivity index (χ0v) is 11.9. The van der Waals surface area contributed by atoms with Crippen LogP contribution >= 0.6 is 12.2 Å². The van der Waals surface area contributed by atoms with Crippen LogP contribution in [0.3, 0.4) is 0 Å². The molecule has 0 aromatic carbocycles. The molecule has 3 N–H and O–H groups in total. The van der Waals surface area contributed by atoms with Crippen LogP contribution in [0.1, 0.15) is 18.4 Å². The molecule has 0 unspecified atom stereocenters. The minimum Gasteiger partial charge on any atom is -0.389 e. The molecule has 0 radical (unpaired) electrons. The zero-order chi connectivity index (χ0) is 13.9. The van der Waals surface area contributed by atoms with Crippen molar-refractivity contribution in [1.82, 2.24) is 10.2 Å². The van der Waals surface area contributed by atoms with Crippen molar-refractivity contribution < 1.29 is 9.47 Å². The SMILES string of the molecule is COCCOCCCCNc1nnccc1C(N)=S. The normalized spacial score (nSPS) is 10.4. The van der Waals surface area contributed by atoms with Crippen LogP contribution < -0.4 is 11.1 Å². The van der Waals surface area contributed by atoms with Crippen molar-refractivity contribution in [3.05, 3.63) is 17.8 Å². The Bertz CT molecular complexity index is 390. The van der Waals surface area contributed by atoms with Gasteiger partial charge in [-0.25, -0.2) is 0 Å². The predicted molar refractivity (Wildman–Crippen MR) is 78.3 cm³/mol. The van der Waals surface area contributed by atoms with Gasteiger partial charge in [0.1, 0.15) is 4.99 Å². The van der Waals surface area contributed by atoms with Crippen molar-refractivity contribution in [2.75, 3.05) is 38.8 Å². The van der Waals surface area contributed by atoms with Crippen LogP contribution in [-0.4, -0.2) is 48.7 Å². The van der Waals surface area contributed by atoms with Gasteiger partial charge in [-0.3, -0.25) is 0 Å². The summed E-state index contributed by atoms with van der Waals surface area (Å²) in [5.74, 6) is 0.635. The van der Waals surface area contributed by atoms with Gasteiger partial charge in [-0.15, -0.1) is 5.10 Å². The first kappa shape index (κ1) is 15.7. The van der Waals surface area contributed by atoms with Gasteiger partial charge >= 0.3 is 0 Å². The van der Waals surface area contributed by atoms with Gasteiger partial charge in [0.05, 0.1) is 25.0 Å². The molecule has 1 rings (SSSR count). The van der Waals surface area contributed by atoms with Crippen molar-refractivity contribution in [3.8, 4) is 0 Å². The summed E-state index contributed by atoms with van der Waals surface area (Å²) in [4.78, 5) is 0.320. The molecular weight excluding hydrogens is 264 g/mol. The van der Waals surface area contributed by atoms with Crippen LogP contribution in [0.4, 0.5) is 5.82 Å². The molecule has 7 heteroatoms. The minimum atomic E-state index is 0.320. The van der Waals surface area contributed by atoms with Crippen molar-refractivity contribution in [2.24, 2.45) is 5.73 Å². The van der Waals surface area contributed by atoms with Crippen molar-refractivity contribution >= 4 is 23.0 Å². The molecule has 0 saturated heterocycles. The molecule has 0 aliphatic carbocycles. The molecule has 0 aliphatic heterocycles. The van der Waals surface area contributed by atoms with Crippen LogP contribution in [0.15, 0.2) is 12.3 Å². The van der Waals surface area contributed by atoms with E-state index in [9.17, 15) is 0 Å². The molecule has 106 valence electrons. The van der Waals surface area contributed by atoms with Gasteiger partial charge in [0.25, 0.3) is 0 Å². The summed E-state index contributed by atoms with van der Waals surface area (Å²) in [6.45, 7) is 2.78. The fraction of sp³-hybridized carbons (Fsp3) is 0.583. The van der Waals surface area contributed by atoms with E-state index in [1.165, 1.54) is 0 Å². The number of hydrogen-bond donors (Lipinski definition) is 2. The van der Waals surface area contributed by atoms with Crippen LogP contribution in [-0.2, 0) is 9.47 Å². The van der Waals surface area contributed by atoms with E-state index in [1.54, 1.807) is 19.4 Å². The Hall–Kier alpha value is -1.31. The van der Waals surface area contributed by atoms with E-state index in [0.717, 1.165) is 31.6 Å². The Morgan fingerprint density at radius 2 is 2.21 bits per heavy atom. The molecule has 0 saturated carbocycles. The van der Waals surface area contributed by atoms with Gasteiger partial charge in [-0.2, -0.15) is 5.10 Å². The standard InChI is InChI=1S/C12H20N4O2S/c1-17-8-9-18-7-3-2-5-14-12-10(11(13)19)4-6-15-16-12/h4,6H,2-3,5,7-9H2,1H3,(H2,13,19)(H,14,16). The molecule has 0 aliphatic rings. The van der Waals surface area contributed by atoms with Crippen molar-refractivity contribution in [1.29, 1.82) is 0 Å². The smallest absolute Gasteiger partial charge is 0.158 e. The lowest BCUT2D eigenvalue weighted by atomic mass is 10.2. The number of rotatable bonds is 10. The topological polar surface area (TPSA) is 82.3 Å². The number of hydrogen-bond acceptors (Lipinski definition) is 6. The molecule has 0 fully saturated rings. The average molecular weight is 284 g/mol. The molecule has 0 bridgehead atoms.